The third kappa shape index (κ3) is 3.77. The second kappa shape index (κ2) is 7.70. The number of aliphatic hydroxyl groups is 1. The molecule has 0 aliphatic carbocycles. The maximum Gasteiger partial charge on any atom is 0.311 e. The molecular formula is C19H21FN2O4. The van der Waals surface area contributed by atoms with Crippen LogP contribution in [0.5, 0.6) is 5.75 Å². The molecule has 1 aliphatic heterocycles. The van der Waals surface area contributed by atoms with Crippen LogP contribution in [0.25, 0.3) is 0 Å². The molecule has 1 heterocycles. The second-order valence-corrected chi connectivity index (χ2v) is 6.43. The Labute approximate surface area is 151 Å². The smallest absolute Gasteiger partial charge is 0.311 e. The van der Waals surface area contributed by atoms with Crippen molar-refractivity contribution in [2.75, 3.05) is 25.1 Å². The minimum atomic E-state index is -0.621. The zero-order valence-electron chi connectivity index (χ0n) is 14.5. The summed E-state index contributed by atoms with van der Waals surface area (Å²) in [5.41, 5.74) is 1.53. The standard InChI is InChI=1S/C19H21FN2O4/c1-26-18-12-16(6-7-17(18)22(24)25)21-10-8-14(9-11-21)19(23)13-2-4-15(20)5-3-13/h2-7,12,14,19,23H,8-11H2,1H3. The van der Waals surface area contributed by atoms with Crippen LogP contribution in [0.1, 0.15) is 24.5 Å². The summed E-state index contributed by atoms with van der Waals surface area (Å²) in [6.07, 6.45) is 0.930. The molecule has 0 spiro atoms. The summed E-state index contributed by atoms with van der Waals surface area (Å²) in [5, 5.41) is 21.5. The van der Waals surface area contributed by atoms with Crippen molar-refractivity contribution in [3.8, 4) is 5.75 Å². The summed E-state index contributed by atoms with van der Waals surface area (Å²) in [6, 6.07) is 10.8. The van der Waals surface area contributed by atoms with Crippen molar-refractivity contribution < 1.29 is 19.2 Å². The number of anilines is 1. The van der Waals surface area contributed by atoms with Crippen LogP contribution in [0.4, 0.5) is 15.8 Å². The SMILES string of the molecule is COc1cc(N2CCC(C(O)c3ccc(F)cc3)CC2)ccc1[N+](=O)[O-]. The number of halogens is 1. The molecule has 0 aromatic heterocycles. The van der Waals surface area contributed by atoms with E-state index in [0.717, 1.165) is 37.2 Å². The molecule has 1 N–H and O–H groups in total. The Morgan fingerprint density at radius 1 is 1.23 bits per heavy atom. The molecule has 1 fully saturated rings. The van der Waals surface area contributed by atoms with Crippen molar-refractivity contribution in [1.29, 1.82) is 0 Å². The summed E-state index contributed by atoms with van der Waals surface area (Å²) in [7, 11) is 1.41. The monoisotopic (exact) mass is 360 g/mol. The van der Waals surface area contributed by atoms with Gasteiger partial charge in [-0.05, 0) is 42.5 Å². The van der Waals surface area contributed by atoms with Gasteiger partial charge in [0.15, 0.2) is 5.75 Å². The molecule has 138 valence electrons. The summed E-state index contributed by atoms with van der Waals surface area (Å²) >= 11 is 0. The molecule has 0 saturated carbocycles. The number of ether oxygens (including phenoxy) is 1. The van der Waals surface area contributed by atoms with Gasteiger partial charge in [-0.2, -0.15) is 0 Å². The number of benzene rings is 2. The Balaban J connectivity index is 1.66. The van der Waals surface area contributed by atoms with Crippen molar-refractivity contribution in [3.05, 3.63) is 64.0 Å². The van der Waals surface area contributed by atoms with Crippen LogP contribution in [0.15, 0.2) is 42.5 Å². The molecule has 0 bridgehead atoms. The molecule has 0 amide bonds. The minimum Gasteiger partial charge on any atom is -0.490 e. The number of rotatable bonds is 5. The van der Waals surface area contributed by atoms with E-state index in [0.29, 0.717) is 0 Å². The van der Waals surface area contributed by atoms with Crippen molar-refractivity contribution in [2.24, 2.45) is 5.92 Å². The molecule has 2 aromatic rings. The third-order valence-corrected chi connectivity index (χ3v) is 4.92. The molecule has 1 atom stereocenters. The van der Waals surface area contributed by atoms with Gasteiger partial charge in [0.05, 0.1) is 18.1 Å². The predicted molar refractivity (Wildman–Crippen MR) is 95.9 cm³/mol. The van der Waals surface area contributed by atoms with Gasteiger partial charge < -0.3 is 14.7 Å². The molecule has 1 saturated heterocycles. The highest BCUT2D eigenvalue weighted by Crippen LogP contribution is 2.35. The molecule has 1 aliphatic rings. The average Bonchev–Trinajstić information content (AvgIpc) is 2.67. The Bertz CT molecular complexity index is 774. The zero-order chi connectivity index (χ0) is 18.7. The van der Waals surface area contributed by atoms with Crippen molar-refractivity contribution in [2.45, 2.75) is 18.9 Å². The topological polar surface area (TPSA) is 75.8 Å². The van der Waals surface area contributed by atoms with Crippen LogP contribution in [0, 0.1) is 21.8 Å². The number of aliphatic hydroxyl groups excluding tert-OH is 1. The molecule has 0 radical (unpaired) electrons. The van der Waals surface area contributed by atoms with E-state index in [1.54, 1.807) is 24.3 Å². The van der Waals surface area contributed by atoms with Crippen LogP contribution in [-0.2, 0) is 0 Å². The number of piperidine rings is 1. The highest BCUT2D eigenvalue weighted by atomic mass is 19.1. The zero-order valence-corrected chi connectivity index (χ0v) is 14.5. The Kier molecular flexibility index (Phi) is 5.37. The first-order valence-corrected chi connectivity index (χ1v) is 8.50. The van der Waals surface area contributed by atoms with Crippen molar-refractivity contribution >= 4 is 11.4 Å². The normalized spacial score (nSPS) is 16.3. The lowest BCUT2D eigenvalue weighted by Gasteiger charge is -2.35. The van der Waals surface area contributed by atoms with Gasteiger partial charge in [0.25, 0.3) is 0 Å². The van der Waals surface area contributed by atoms with Crippen molar-refractivity contribution in [1.82, 2.24) is 0 Å². The molecular weight excluding hydrogens is 339 g/mol. The number of nitrogens with zero attached hydrogens (tertiary/aromatic N) is 2. The fourth-order valence-electron chi connectivity index (χ4n) is 3.42. The lowest BCUT2D eigenvalue weighted by Crippen LogP contribution is -2.35. The fourth-order valence-corrected chi connectivity index (χ4v) is 3.42. The van der Waals surface area contributed by atoms with Crippen LogP contribution in [0.3, 0.4) is 0 Å². The second-order valence-electron chi connectivity index (χ2n) is 6.43. The average molecular weight is 360 g/mol. The van der Waals surface area contributed by atoms with E-state index in [2.05, 4.69) is 4.90 Å². The Hall–Kier alpha value is -2.67. The van der Waals surface area contributed by atoms with Gasteiger partial charge in [-0.15, -0.1) is 0 Å². The highest BCUT2D eigenvalue weighted by Gasteiger charge is 2.27. The molecule has 1 unspecified atom stereocenters. The molecule has 26 heavy (non-hydrogen) atoms. The summed E-state index contributed by atoms with van der Waals surface area (Å²) in [6.45, 7) is 1.45. The van der Waals surface area contributed by atoms with Gasteiger partial charge in [-0.3, -0.25) is 10.1 Å². The van der Waals surface area contributed by atoms with Gasteiger partial charge in [-0.25, -0.2) is 4.39 Å². The first-order valence-electron chi connectivity index (χ1n) is 8.50. The predicted octanol–water partition coefficient (Wildman–Crippen LogP) is 3.69. The quantitative estimate of drug-likeness (QED) is 0.650. The van der Waals surface area contributed by atoms with Gasteiger partial charge >= 0.3 is 5.69 Å². The van der Waals surface area contributed by atoms with Gasteiger partial charge in [0.2, 0.25) is 0 Å². The third-order valence-electron chi connectivity index (χ3n) is 4.92. The molecule has 7 heteroatoms. The van der Waals surface area contributed by atoms with E-state index in [1.165, 1.54) is 25.3 Å². The minimum absolute atomic E-state index is 0.0575. The Morgan fingerprint density at radius 2 is 1.88 bits per heavy atom. The van der Waals surface area contributed by atoms with Crippen LogP contribution in [0.2, 0.25) is 0 Å². The highest BCUT2D eigenvalue weighted by molar-refractivity contribution is 5.59. The van der Waals surface area contributed by atoms with Crippen LogP contribution >= 0.6 is 0 Å². The van der Waals surface area contributed by atoms with E-state index >= 15 is 0 Å². The van der Waals surface area contributed by atoms with Gasteiger partial charge in [0, 0.05) is 30.9 Å². The molecule has 2 aromatic carbocycles. The molecule has 3 rings (SSSR count). The number of hydrogen-bond donors (Lipinski definition) is 1. The first kappa shape index (κ1) is 18.1. The number of methoxy groups -OCH3 is 1. The maximum atomic E-state index is 13.0. The fraction of sp³-hybridized carbons (Fsp3) is 0.368. The van der Waals surface area contributed by atoms with E-state index < -0.39 is 11.0 Å². The van der Waals surface area contributed by atoms with E-state index in [-0.39, 0.29) is 23.2 Å². The van der Waals surface area contributed by atoms with E-state index in [9.17, 15) is 19.6 Å². The lowest BCUT2D eigenvalue weighted by atomic mass is 9.87. The summed E-state index contributed by atoms with van der Waals surface area (Å²) in [5.74, 6) is 0.0144. The lowest BCUT2D eigenvalue weighted by molar-refractivity contribution is -0.385. The first-order chi connectivity index (χ1) is 12.5. The van der Waals surface area contributed by atoms with E-state index in [1.807, 2.05) is 0 Å². The maximum absolute atomic E-state index is 13.0. The van der Waals surface area contributed by atoms with Gasteiger partial charge in [0.1, 0.15) is 5.82 Å². The van der Waals surface area contributed by atoms with E-state index in [4.69, 9.17) is 4.74 Å². The largest absolute Gasteiger partial charge is 0.490 e. The number of nitro groups is 1. The van der Waals surface area contributed by atoms with Crippen molar-refractivity contribution in [3.63, 3.8) is 0 Å². The van der Waals surface area contributed by atoms with Gasteiger partial charge in [-0.1, -0.05) is 12.1 Å². The summed E-state index contributed by atoms with van der Waals surface area (Å²) in [4.78, 5) is 12.7. The van der Waals surface area contributed by atoms with Crippen LogP contribution in [-0.4, -0.2) is 30.2 Å². The molecule has 6 nitrogen and oxygen atoms in total. The van der Waals surface area contributed by atoms with Crippen LogP contribution < -0.4 is 9.64 Å². The Morgan fingerprint density at radius 3 is 2.46 bits per heavy atom. The number of nitro benzene ring substituents is 1. The summed E-state index contributed by atoms with van der Waals surface area (Å²) < 4.78 is 18.2. The number of hydrogen-bond acceptors (Lipinski definition) is 5.